The molecule has 1 fully saturated rings. The third-order valence-electron chi connectivity index (χ3n) is 4.26. The molecule has 1 saturated carbocycles. The summed E-state index contributed by atoms with van der Waals surface area (Å²) in [6, 6.07) is 3.73. The van der Waals surface area contributed by atoms with Gasteiger partial charge >= 0.3 is 0 Å². The first-order valence-corrected chi connectivity index (χ1v) is 7.85. The molecule has 0 bridgehead atoms. The third-order valence-corrected chi connectivity index (χ3v) is 4.26. The molecule has 1 aliphatic rings. The van der Waals surface area contributed by atoms with Gasteiger partial charge in [0.05, 0.1) is 11.7 Å². The number of rotatable bonds is 8. The Balaban J connectivity index is 1.60. The topological polar surface area (TPSA) is 77.5 Å². The molecule has 0 aliphatic heterocycles. The predicted molar refractivity (Wildman–Crippen MR) is 80.6 cm³/mol. The quantitative estimate of drug-likeness (QED) is 0.721. The zero-order valence-electron chi connectivity index (χ0n) is 12.6. The van der Waals surface area contributed by atoms with E-state index in [1.54, 1.807) is 6.26 Å². The molecule has 21 heavy (non-hydrogen) atoms. The Kier molecular flexibility index (Phi) is 6.26. The highest BCUT2D eigenvalue weighted by Crippen LogP contribution is 2.35. The zero-order chi connectivity index (χ0) is 15.0. The lowest BCUT2D eigenvalue weighted by Crippen LogP contribution is -2.47. The Hall–Kier alpha value is -1.33. The number of nitrogens with one attached hydrogen (secondary N) is 1. The first kappa shape index (κ1) is 16.0. The normalized spacial score (nSPS) is 17.6. The highest BCUT2D eigenvalue weighted by atomic mass is 16.5. The second kappa shape index (κ2) is 8.20. The first-order valence-electron chi connectivity index (χ1n) is 7.85. The van der Waals surface area contributed by atoms with E-state index >= 15 is 0 Å². The molecule has 5 nitrogen and oxygen atoms in total. The fourth-order valence-corrected chi connectivity index (χ4v) is 2.88. The summed E-state index contributed by atoms with van der Waals surface area (Å²) in [6.07, 6.45) is 7.71. The summed E-state index contributed by atoms with van der Waals surface area (Å²) in [5.74, 6) is 0.944. The van der Waals surface area contributed by atoms with Crippen molar-refractivity contribution in [2.45, 2.75) is 45.1 Å². The van der Waals surface area contributed by atoms with Crippen LogP contribution in [0.5, 0.6) is 0 Å². The molecule has 0 unspecified atom stereocenters. The number of carbonyl (C=O) groups is 1. The molecule has 1 aliphatic carbocycles. The van der Waals surface area contributed by atoms with E-state index in [1.807, 2.05) is 12.1 Å². The molecule has 2 rings (SSSR count). The molecule has 1 aromatic rings. The van der Waals surface area contributed by atoms with Gasteiger partial charge in [0.25, 0.3) is 0 Å². The van der Waals surface area contributed by atoms with E-state index in [-0.39, 0.29) is 11.3 Å². The molecule has 0 aromatic carbocycles. The number of nitrogens with two attached hydrogens (primary N) is 1. The van der Waals surface area contributed by atoms with Crippen molar-refractivity contribution in [2.75, 3.05) is 19.7 Å². The number of amides is 1. The van der Waals surface area contributed by atoms with Crippen LogP contribution in [-0.4, -0.2) is 25.6 Å². The molecular formula is C16H26N2O3. The Labute approximate surface area is 126 Å². The second-order valence-electron chi connectivity index (χ2n) is 5.79. The maximum atomic E-state index is 12.3. The van der Waals surface area contributed by atoms with Gasteiger partial charge < -0.3 is 20.2 Å². The molecule has 1 amide bonds. The van der Waals surface area contributed by atoms with Gasteiger partial charge in [-0.05, 0) is 31.4 Å². The number of hydrogen-bond acceptors (Lipinski definition) is 4. The van der Waals surface area contributed by atoms with Gasteiger partial charge in [-0.25, -0.2) is 0 Å². The number of carbonyl (C=O) groups excluding carboxylic acids is 1. The number of ether oxygens (including phenoxy) is 1. The molecule has 3 N–H and O–H groups in total. The van der Waals surface area contributed by atoms with Crippen LogP contribution in [0.3, 0.4) is 0 Å². The third kappa shape index (κ3) is 4.58. The molecule has 0 atom stereocenters. The van der Waals surface area contributed by atoms with Gasteiger partial charge in [-0.15, -0.1) is 0 Å². The van der Waals surface area contributed by atoms with Crippen molar-refractivity contribution >= 4 is 5.91 Å². The van der Waals surface area contributed by atoms with Crippen LogP contribution in [0.1, 0.15) is 44.3 Å². The second-order valence-corrected chi connectivity index (χ2v) is 5.79. The molecule has 0 spiro atoms. The molecule has 1 aromatic heterocycles. The molecule has 1 heterocycles. The minimum absolute atomic E-state index is 0.121. The minimum atomic E-state index is -0.326. The summed E-state index contributed by atoms with van der Waals surface area (Å²) in [4.78, 5) is 12.3. The minimum Gasteiger partial charge on any atom is -0.467 e. The van der Waals surface area contributed by atoms with E-state index in [1.165, 1.54) is 6.42 Å². The van der Waals surface area contributed by atoms with Crippen LogP contribution in [0.25, 0.3) is 0 Å². The van der Waals surface area contributed by atoms with Crippen LogP contribution >= 0.6 is 0 Å². The number of hydrogen-bond donors (Lipinski definition) is 2. The molecule has 118 valence electrons. The van der Waals surface area contributed by atoms with Gasteiger partial charge in [0.1, 0.15) is 12.4 Å². The first-order chi connectivity index (χ1) is 10.3. The van der Waals surface area contributed by atoms with Crippen LogP contribution in [0.15, 0.2) is 22.8 Å². The number of furan rings is 1. The van der Waals surface area contributed by atoms with Crippen molar-refractivity contribution in [1.82, 2.24) is 5.32 Å². The monoisotopic (exact) mass is 294 g/mol. The zero-order valence-corrected chi connectivity index (χ0v) is 12.6. The smallest absolute Gasteiger partial charge is 0.227 e. The summed E-state index contributed by atoms with van der Waals surface area (Å²) in [7, 11) is 0. The standard InChI is InChI=1S/C16H26N2O3/c17-13-16(7-2-1-3-8-16)15(19)18-9-5-10-20-12-14-6-4-11-21-14/h4,6,11H,1-3,5,7-10,12-13,17H2,(H,18,19). The van der Waals surface area contributed by atoms with Crippen LogP contribution in [0.4, 0.5) is 0 Å². The summed E-state index contributed by atoms with van der Waals surface area (Å²) >= 11 is 0. The van der Waals surface area contributed by atoms with Crippen molar-refractivity contribution in [1.29, 1.82) is 0 Å². The maximum Gasteiger partial charge on any atom is 0.227 e. The summed E-state index contributed by atoms with van der Waals surface area (Å²) in [6.45, 7) is 2.18. The SMILES string of the molecule is NCC1(C(=O)NCCCOCc2ccco2)CCCCC1. The van der Waals surface area contributed by atoms with Crippen molar-refractivity contribution in [3.63, 3.8) is 0 Å². The Morgan fingerprint density at radius 1 is 1.38 bits per heavy atom. The van der Waals surface area contributed by atoms with Gasteiger partial charge in [0.15, 0.2) is 0 Å². The summed E-state index contributed by atoms with van der Waals surface area (Å²) in [5, 5.41) is 3.02. The fraction of sp³-hybridized carbons (Fsp3) is 0.688. The molecule has 0 radical (unpaired) electrons. The average molecular weight is 294 g/mol. The summed E-state index contributed by atoms with van der Waals surface area (Å²) < 4.78 is 10.7. The van der Waals surface area contributed by atoms with Crippen molar-refractivity contribution < 1.29 is 13.9 Å². The molecule has 0 saturated heterocycles. The van der Waals surface area contributed by atoms with Gasteiger partial charge in [-0.3, -0.25) is 4.79 Å². The van der Waals surface area contributed by atoms with Crippen molar-refractivity contribution in [3.05, 3.63) is 24.2 Å². The van der Waals surface area contributed by atoms with E-state index in [2.05, 4.69) is 5.32 Å². The van der Waals surface area contributed by atoms with E-state index < -0.39 is 0 Å². The van der Waals surface area contributed by atoms with Gasteiger partial charge in [-0.2, -0.15) is 0 Å². The maximum absolute atomic E-state index is 12.3. The van der Waals surface area contributed by atoms with Crippen molar-refractivity contribution in [3.8, 4) is 0 Å². The van der Waals surface area contributed by atoms with Crippen LogP contribution in [0.2, 0.25) is 0 Å². The van der Waals surface area contributed by atoms with Gasteiger partial charge in [-0.1, -0.05) is 19.3 Å². The summed E-state index contributed by atoms with van der Waals surface area (Å²) in [5.41, 5.74) is 5.52. The van der Waals surface area contributed by atoms with Crippen LogP contribution in [0, 0.1) is 5.41 Å². The van der Waals surface area contributed by atoms with E-state index in [4.69, 9.17) is 14.9 Å². The fourth-order valence-electron chi connectivity index (χ4n) is 2.88. The van der Waals surface area contributed by atoms with Crippen molar-refractivity contribution in [2.24, 2.45) is 11.1 Å². The lowest BCUT2D eigenvalue weighted by molar-refractivity contribution is -0.132. The Morgan fingerprint density at radius 3 is 2.86 bits per heavy atom. The molecular weight excluding hydrogens is 268 g/mol. The highest BCUT2D eigenvalue weighted by molar-refractivity contribution is 5.82. The van der Waals surface area contributed by atoms with E-state index in [0.717, 1.165) is 37.9 Å². The lowest BCUT2D eigenvalue weighted by atomic mass is 9.73. The Bertz CT molecular complexity index is 411. The average Bonchev–Trinajstić information content (AvgIpc) is 3.04. The highest BCUT2D eigenvalue weighted by Gasteiger charge is 2.37. The van der Waals surface area contributed by atoms with Crippen LogP contribution < -0.4 is 11.1 Å². The van der Waals surface area contributed by atoms with Gasteiger partial charge in [0.2, 0.25) is 5.91 Å². The van der Waals surface area contributed by atoms with Gasteiger partial charge in [0, 0.05) is 19.7 Å². The van der Waals surface area contributed by atoms with Crippen LogP contribution in [-0.2, 0) is 16.1 Å². The Morgan fingerprint density at radius 2 is 2.19 bits per heavy atom. The van der Waals surface area contributed by atoms with E-state index in [0.29, 0.717) is 26.3 Å². The largest absolute Gasteiger partial charge is 0.467 e. The van der Waals surface area contributed by atoms with E-state index in [9.17, 15) is 4.79 Å². The molecule has 5 heteroatoms. The predicted octanol–water partition coefficient (Wildman–Crippen LogP) is 2.21. The lowest BCUT2D eigenvalue weighted by Gasteiger charge is -2.34.